The van der Waals surface area contributed by atoms with Crippen LogP contribution in [0.1, 0.15) is 25.7 Å². The number of rotatable bonds is 2. The molecule has 0 amide bonds. The smallest absolute Gasteiger partial charge is 0.300 e. The molecule has 6 heteroatoms. The number of H-pyrrole nitrogens is 1. The van der Waals surface area contributed by atoms with Gasteiger partial charge >= 0.3 is 5.69 Å². The lowest BCUT2D eigenvalue weighted by Crippen LogP contribution is -2.18. The summed E-state index contributed by atoms with van der Waals surface area (Å²) >= 11 is 1.52. The van der Waals surface area contributed by atoms with Crippen molar-refractivity contribution >= 4 is 17.5 Å². The summed E-state index contributed by atoms with van der Waals surface area (Å²) in [5.74, 6) is 0.319. The first-order chi connectivity index (χ1) is 7.16. The number of aromatic amines is 1. The van der Waals surface area contributed by atoms with Gasteiger partial charge in [0.05, 0.1) is 0 Å². The SMILES string of the molecule is Cn1c(SC2CCCC(=O)C2)n[nH]c1=O. The van der Waals surface area contributed by atoms with Crippen LogP contribution in [0.5, 0.6) is 0 Å². The fraction of sp³-hybridized carbons (Fsp3) is 0.667. The Morgan fingerprint density at radius 3 is 2.93 bits per heavy atom. The van der Waals surface area contributed by atoms with Crippen molar-refractivity contribution < 1.29 is 4.79 Å². The summed E-state index contributed by atoms with van der Waals surface area (Å²) in [6.45, 7) is 0. The molecule has 1 atom stereocenters. The summed E-state index contributed by atoms with van der Waals surface area (Å²) < 4.78 is 1.48. The molecule has 1 N–H and O–H groups in total. The zero-order valence-electron chi connectivity index (χ0n) is 8.52. The maximum absolute atomic E-state index is 11.2. The highest BCUT2D eigenvalue weighted by Gasteiger charge is 2.22. The molecule has 0 saturated heterocycles. The molecule has 0 aromatic carbocycles. The fourth-order valence-electron chi connectivity index (χ4n) is 1.67. The second-order valence-corrected chi connectivity index (χ2v) is 5.01. The minimum atomic E-state index is -0.209. The van der Waals surface area contributed by atoms with Gasteiger partial charge in [-0.25, -0.2) is 9.89 Å². The third kappa shape index (κ3) is 2.31. The highest BCUT2D eigenvalue weighted by Crippen LogP contribution is 2.30. The Morgan fingerprint density at radius 1 is 1.53 bits per heavy atom. The number of nitrogens with one attached hydrogen (secondary N) is 1. The summed E-state index contributed by atoms with van der Waals surface area (Å²) in [5, 5.41) is 7.25. The fourth-order valence-corrected chi connectivity index (χ4v) is 2.86. The van der Waals surface area contributed by atoms with Gasteiger partial charge in [-0.1, -0.05) is 11.8 Å². The van der Waals surface area contributed by atoms with Crippen LogP contribution in [0, 0.1) is 0 Å². The van der Waals surface area contributed by atoms with Crippen LogP contribution in [0.15, 0.2) is 9.95 Å². The first-order valence-electron chi connectivity index (χ1n) is 4.96. The maximum Gasteiger partial charge on any atom is 0.343 e. The molecule has 0 aliphatic heterocycles. The maximum atomic E-state index is 11.2. The zero-order chi connectivity index (χ0) is 10.8. The predicted molar refractivity (Wildman–Crippen MR) is 56.9 cm³/mol. The standard InChI is InChI=1S/C9H13N3O2S/c1-12-8(14)10-11-9(12)15-7-4-2-3-6(13)5-7/h7H,2-5H2,1H3,(H,10,14). The molecule has 1 fully saturated rings. The molecule has 0 radical (unpaired) electrons. The van der Waals surface area contributed by atoms with Crippen molar-refractivity contribution in [1.82, 2.24) is 14.8 Å². The van der Waals surface area contributed by atoms with E-state index < -0.39 is 0 Å². The molecule has 15 heavy (non-hydrogen) atoms. The van der Waals surface area contributed by atoms with E-state index >= 15 is 0 Å². The Bertz CT molecular complexity index is 423. The number of nitrogens with zero attached hydrogens (tertiary/aromatic N) is 2. The topological polar surface area (TPSA) is 67.8 Å². The van der Waals surface area contributed by atoms with Crippen LogP contribution in [0.4, 0.5) is 0 Å². The quantitative estimate of drug-likeness (QED) is 0.808. The molecule has 1 aromatic heterocycles. The molecular formula is C9H13N3O2S. The normalized spacial score (nSPS) is 21.9. The van der Waals surface area contributed by atoms with E-state index in [1.165, 1.54) is 16.3 Å². The van der Waals surface area contributed by atoms with E-state index in [0.717, 1.165) is 12.8 Å². The second-order valence-electron chi connectivity index (χ2n) is 3.75. The molecule has 1 saturated carbocycles. The van der Waals surface area contributed by atoms with Crippen molar-refractivity contribution in [3.63, 3.8) is 0 Å². The minimum Gasteiger partial charge on any atom is -0.300 e. The molecule has 1 aliphatic rings. The highest BCUT2D eigenvalue weighted by atomic mass is 32.2. The van der Waals surface area contributed by atoms with Crippen molar-refractivity contribution in [1.29, 1.82) is 0 Å². The van der Waals surface area contributed by atoms with Gasteiger partial charge in [-0.05, 0) is 12.8 Å². The molecule has 1 aromatic rings. The van der Waals surface area contributed by atoms with Gasteiger partial charge in [0.15, 0.2) is 5.16 Å². The van der Waals surface area contributed by atoms with Crippen LogP contribution < -0.4 is 5.69 Å². The first kappa shape index (κ1) is 10.5. The van der Waals surface area contributed by atoms with Crippen molar-refractivity contribution in [2.24, 2.45) is 7.05 Å². The van der Waals surface area contributed by atoms with Crippen molar-refractivity contribution in [2.45, 2.75) is 36.1 Å². The largest absolute Gasteiger partial charge is 0.343 e. The Morgan fingerprint density at radius 2 is 2.33 bits per heavy atom. The van der Waals surface area contributed by atoms with Crippen molar-refractivity contribution in [3.8, 4) is 0 Å². The van der Waals surface area contributed by atoms with Gasteiger partial charge in [0.2, 0.25) is 0 Å². The van der Waals surface area contributed by atoms with E-state index in [-0.39, 0.29) is 10.9 Å². The molecular weight excluding hydrogens is 214 g/mol. The number of thioether (sulfide) groups is 1. The molecule has 1 aliphatic carbocycles. The van der Waals surface area contributed by atoms with Gasteiger partial charge in [-0.2, -0.15) is 0 Å². The number of carbonyl (C=O) groups is 1. The Balaban J connectivity index is 2.05. The Kier molecular flexibility index (Phi) is 2.95. The van der Waals surface area contributed by atoms with Gasteiger partial charge in [0.1, 0.15) is 5.78 Å². The van der Waals surface area contributed by atoms with E-state index in [1.54, 1.807) is 7.05 Å². The first-order valence-corrected chi connectivity index (χ1v) is 5.84. The molecule has 0 bridgehead atoms. The number of hydrogen-bond acceptors (Lipinski definition) is 4. The van der Waals surface area contributed by atoms with Crippen molar-refractivity contribution in [2.75, 3.05) is 0 Å². The van der Waals surface area contributed by atoms with Gasteiger partial charge < -0.3 is 0 Å². The van der Waals surface area contributed by atoms with E-state index in [2.05, 4.69) is 10.2 Å². The zero-order valence-corrected chi connectivity index (χ0v) is 9.34. The van der Waals surface area contributed by atoms with Gasteiger partial charge in [0, 0.05) is 25.1 Å². The van der Waals surface area contributed by atoms with Crippen LogP contribution in [-0.4, -0.2) is 25.8 Å². The summed E-state index contributed by atoms with van der Waals surface area (Å²) in [6.07, 6.45) is 3.29. The van der Waals surface area contributed by atoms with Gasteiger partial charge in [-0.15, -0.1) is 5.10 Å². The minimum absolute atomic E-state index is 0.209. The van der Waals surface area contributed by atoms with E-state index in [4.69, 9.17) is 0 Å². The predicted octanol–water partition coefficient (Wildman–Crippen LogP) is 0.712. The summed E-state index contributed by atoms with van der Waals surface area (Å²) in [6, 6.07) is 0. The second kappa shape index (κ2) is 4.22. The highest BCUT2D eigenvalue weighted by molar-refractivity contribution is 7.99. The Hall–Kier alpha value is -1.04. The van der Waals surface area contributed by atoms with Gasteiger partial charge in [0.25, 0.3) is 0 Å². The summed E-state index contributed by atoms with van der Waals surface area (Å²) in [7, 11) is 1.68. The lowest BCUT2D eigenvalue weighted by atomic mass is 9.99. The summed E-state index contributed by atoms with van der Waals surface area (Å²) in [4.78, 5) is 22.4. The number of ketones is 1. The molecule has 82 valence electrons. The summed E-state index contributed by atoms with van der Waals surface area (Å²) in [5.41, 5.74) is -0.209. The molecule has 1 heterocycles. The molecule has 0 spiro atoms. The molecule has 5 nitrogen and oxygen atoms in total. The van der Waals surface area contributed by atoms with Gasteiger partial charge in [-0.3, -0.25) is 9.36 Å². The average Bonchev–Trinajstić information content (AvgIpc) is 2.50. The van der Waals surface area contributed by atoms with Crippen LogP contribution >= 0.6 is 11.8 Å². The van der Waals surface area contributed by atoms with E-state index in [9.17, 15) is 9.59 Å². The monoisotopic (exact) mass is 227 g/mol. The Labute approximate surface area is 91.3 Å². The number of carbonyl (C=O) groups excluding carboxylic acids is 1. The van der Waals surface area contributed by atoms with E-state index in [0.29, 0.717) is 23.8 Å². The number of hydrogen-bond donors (Lipinski definition) is 1. The van der Waals surface area contributed by atoms with Crippen LogP contribution in [0.3, 0.4) is 0 Å². The van der Waals surface area contributed by atoms with E-state index in [1.807, 2.05) is 0 Å². The van der Waals surface area contributed by atoms with Crippen molar-refractivity contribution in [3.05, 3.63) is 10.5 Å². The molecule has 2 rings (SSSR count). The average molecular weight is 227 g/mol. The number of Topliss-reactive ketones (excluding diaryl/α,β-unsaturated/α-hetero) is 1. The lowest BCUT2D eigenvalue weighted by Gasteiger charge is -2.18. The van der Waals surface area contributed by atoms with Crippen LogP contribution in [0.2, 0.25) is 0 Å². The third-order valence-corrected chi connectivity index (χ3v) is 3.86. The molecule has 1 unspecified atom stereocenters. The van der Waals surface area contributed by atoms with Crippen LogP contribution in [-0.2, 0) is 11.8 Å². The van der Waals surface area contributed by atoms with Crippen LogP contribution in [0.25, 0.3) is 0 Å². The third-order valence-electron chi connectivity index (χ3n) is 2.55. The lowest BCUT2D eigenvalue weighted by molar-refractivity contribution is -0.120. The number of aromatic nitrogens is 3.